The topological polar surface area (TPSA) is 120 Å². The Kier molecular flexibility index (Phi) is 7.22. The summed E-state index contributed by atoms with van der Waals surface area (Å²) >= 11 is 1.13. The molecular formula is C17H21N3O6S. The fourth-order valence-corrected chi connectivity index (χ4v) is 3.46. The number of thiophene rings is 1. The fraction of sp³-hybridized carbons (Fsp3) is 0.412. The van der Waals surface area contributed by atoms with Gasteiger partial charge in [0.1, 0.15) is 11.4 Å². The molecule has 2 N–H and O–H groups in total. The summed E-state index contributed by atoms with van der Waals surface area (Å²) in [7, 11) is 3.01. The molecule has 2 heterocycles. The second-order valence-electron chi connectivity index (χ2n) is 5.51. The SMILES string of the molecule is C=CCOCC(NC(=O)c1sc2nc(COC)nc(OC)c2c1C)C(=O)O. The van der Waals surface area contributed by atoms with Crippen LogP contribution in [-0.4, -0.2) is 60.4 Å². The second-order valence-corrected chi connectivity index (χ2v) is 6.51. The summed E-state index contributed by atoms with van der Waals surface area (Å²) in [5, 5.41) is 12.4. The third-order valence-electron chi connectivity index (χ3n) is 3.60. The highest BCUT2D eigenvalue weighted by atomic mass is 32.1. The smallest absolute Gasteiger partial charge is 0.328 e. The van der Waals surface area contributed by atoms with E-state index in [2.05, 4.69) is 21.9 Å². The highest BCUT2D eigenvalue weighted by Gasteiger charge is 2.25. The molecule has 9 nitrogen and oxygen atoms in total. The summed E-state index contributed by atoms with van der Waals surface area (Å²) in [6.45, 7) is 5.45. The Morgan fingerprint density at radius 1 is 1.37 bits per heavy atom. The molecule has 2 rings (SSSR count). The van der Waals surface area contributed by atoms with Crippen LogP contribution < -0.4 is 10.1 Å². The van der Waals surface area contributed by atoms with Gasteiger partial charge in [-0.2, -0.15) is 4.98 Å². The standard InChI is InChI=1S/C17H21N3O6S/c1-5-6-26-7-10(17(22)23)18-14(21)13-9(2)12-15(25-4)19-11(8-24-3)20-16(12)27-13/h5,10H,1,6-8H2,2-4H3,(H,18,21)(H,22,23). The van der Waals surface area contributed by atoms with Crippen LogP contribution in [0.3, 0.4) is 0 Å². The minimum Gasteiger partial charge on any atom is -0.480 e. The van der Waals surface area contributed by atoms with Gasteiger partial charge in [0.05, 0.1) is 30.6 Å². The maximum Gasteiger partial charge on any atom is 0.328 e. The zero-order valence-electron chi connectivity index (χ0n) is 15.3. The number of fused-ring (bicyclic) bond motifs is 1. The normalized spacial score (nSPS) is 12.0. The summed E-state index contributed by atoms with van der Waals surface area (Å²) in [5.41, 5.74) is 0.615. The number of carbonyl (C=O) groups is 2. The molecule has 1 atom stereocenters. The lowest BCUT2D eigenvalue weighted by Crippen LogP contribution is -2.44. The predicted molar refractivity (Wildman–Crippen MR) is 99.3 cm³/mol. The van der Waals surface area contributed by atoms with E-state index < -0.39 is 17.9 Å². The van der Waals surface area contributed by atoms with Gasteiger partial charge in [-0.05, 0) is 12.5 Å². The number of carbonyl (C=O) groups excluding carboxylic acids is 1. The minimum absolute atomic E-state index is 0.169. The second kappa shape index (κ2) is 9.40. The van der Waals surface area contributed by atoms with Gasteiger partial charge in [-0.1, -0.05) is 6.08 Å². The molecule has 1 unspecified atom stereocenters. The molecule has 27 heavy (non-hydrogen) atoms. The maximum absolute atomic E-state index is 12.6. The zero-order chi connectivity index (χ0) is 20.0. The number of aryl methyl sites for hydroxylation is 1. The van der Waals surface area contributed by atoms with Crippen molar-refractivity contribution in [2.24, 2.45) is 0 Å². The van der Waals surface area contributed by atoms with Crippen molar-refractivity contribution in [3.05, 3.63) is 28.9 Å². The number of carboxylic acids is 1. The molecule has 2 aromatic heterocycles. The van der Waals surface area contributed by atoms with E-state index in [1.807, 2.05) is 0 Å². The summed E-state index contributed by atoms with van der Waals surface area (Å²) in [4.78, 5) is 33.6. The van der Waals surface area contributed by atoms with E-state index in [1.54, 1.807) is 6.92 Å². The Balaban J connectivity index is 2.33. The molecule has 0 saturated carbocycles. The summed E-state index contributed by atoms with van der Waals surface area (Å²) < 4.78 is 15.5. The summed E-state index contributed by atoms with van der Waals surface area (Å²) in [6.07, 6.45) is 1.50. The quantitative estimate of drug-likeness (QED) is 0.459. The highest BCUT2D eigenvalue weighted by molar-refractivity contribution is 7.20. The first-order chi connectivity index (χ1) is 12.9. The minimum atomic E-state index is -1.19. The van der Waals surface area contributed by atoms with E-state index in [0.717, 1.165) is 11.3 Å². The fourth-order valence-electron chi connectivity index (χ4n) is 2.37. The molecule has 0 saturated heterocycles. The van der Waals surface area contributed by atoms with Gasteiger partial charge in [0.2, 0.25) is 5.88 Å². The number of aromatic nitrogens is 2. The Hall–Kier alpha value is -2.56. The van der Waals surface area contributed by atoms with Crippen LogP contribution in [0.2, 0.25) is 0 Å². The van der Waals surface area contributed by atoms with Crippen molar-refractivity contribution in [3.8, 4) is 5.88 Å². The number of hydrogen-bond acceptors (Lipinski definition) is 8. The molecule has 2 aromatic rings. The van der Waals surface area contributed by atoms with Crippen molar-refractivity contribution in [2.45, 2.75) is 19.6 Å². The largest absolute Gasteiger partial charge is 0.480 e. The molecule has 0 bridgehead atoms. The summed E-state index contributed by atoms with van der Waals surface area (Å²) in [6, 6.07) is -1.18. The van der Waals surface area contributed by atoms with Crippen molar-refractivity contribution in [2.75, 3.05) is 27.4 Å². The number of nitrogens with one attached hydrogen (secondary N) is 1. The van der Waals surface area contributed by atoms with E-state index in [4.69, 9.17) is 14.2 Å². The Bertz CT molecular complexity index is 851. The first-order valence-corrected chi connectivity index (χ1v) is 8.79. The van der Waals surface area contributed by atoms with Gasteiger partial charge >= 0.3 is 5.97 Å². The Labute approximate surface area is 160 Å². The van der Waals surface area contributed by atoms with Gasteiger partial charge in [-0.3, -0.25) is 4.79 Å². The first-order valence-electron chi connectivity index (χ1n) is 7.98. The van der Waals surface area contributed by atoms with E-state index in [-0.39, 0.29) is 19.8 Å². The molecule has 1 amide bonds. The van der Waals surface area contributed by atoms with Gasteiger partial charge in [-0.25, -0.2) is 9.78 Å². The lowest BCUT2D eigenvalue weighted by atomic mass is 10.2. The van der Waals surface area contributed by atoms with Gasteiger partial charge < -0.3 is 24.6 Å². The number of methoxy groups -OCH3 is 2. The molecule has 146 valence electrons. The third-order valence-corrected chi connectivity index (χ3v) is 4.78. The molecule has 0 aliphatic carbocycles. The monoisotopic (exact) mass is 395 g/mol. The van der Waals surface area contributed by atoms with Crippen LogP contribution in [-0.2, 0) is 20.9 Å². The molecule has 0 spiro atoms. The van der Waals surface area contributed by atoms with Crippen molar-refractivity contribution in [1.82, 2.24) is 15.3 Å². The van der Waals surface area contributed by atoms with Gasteiger partial charge in [-0.15, -0.1) is 17.9 Å². The van der Waals surface area contributed by atoms with Crippen molar-refractivity contribution >= 4 is 33.4 Å². The van der Waals surface area contributed by atoms with Crippen LogP contribution in [0.25, 0.3) is 10.2 Å². The zero-order valence-corrected chi connectivity index (χ0v) is 16.1. The molecule has 0 radical (unpaired) electrons. The van der Waals surface area contributed by atoms with Crippen LogP contribution in [0.15, 0.2) is 12.7 Å². The number of rotatable bonds is 10. The van der Waals surface area contributed by atoms with Crippen molar-refractivity contribution in [1.29, 1.82) is 0 Å². The van der Waals surface area contributed by atoms with Crippen LogP contribution in [0.1, 0.15) is 21.1 Å². The number of amides is 1. The lowest BCUT2D eigenvalue weighted by molar-refractivity contribution is -0.140. The highest BCUT2D eigenvalue weighted by Crippen LogP contribution is 2.35. The maximum atomic E-state index is 12.6. The number of ether oxygens (including phenoxy) is 3. The van der Waals surface area contributed by atoms with E-state index >= 15 is 0 Å². The van der Waals surface area contributed by atoms with Gasteiger partial charge in [0.25, 0.3) is 5.91 Å². The van der Waals surface area contributed by atoms with Crippen LogP contribution in [0, 0.1) is 6.92 Å². The molecule has 0 aromatic carbocycles. The lowest BCUT2D eigenvalue weighted by Gasteiger charge is -2.14. The third kappa shape index (κ3) is 4.79. The van der Waals surface area contributed by atoms with E-state index in [9.17, 15) is 14.7 Å². The van der Waals surface area contributed by atoms with Crippen LogP contribution in [0.4, 0.5) is 0 Å². The predicted octanol–water partition coefficient (Wildman–Crippen LogP) is 1.54. The van der Waals surface area contributed by atoms with E-state index in [1.165, 1.54) is 20.3 Å². The van der Waals surface area contributed by atoms with E-state index in [0.29, 0.717) is 32.4 Å². The van der Waals surface area contributed by atoms with Crippen molar-refractivity contribution < 1.29 is 28.9 Å². The number of hydrogen-bond donors (Lipinski definition) is 2. The van der Waals surface area contributed by atoms with Crippen LogP contribution >= 0.6 is 11.3 Å². The molecule has 10 heteroatoms. The average molecular weight is 395 g/mol. The van der Waals surface area contributed by atoms with Crippen molar-refractivity contribution in [3.63, 3.8) is 0 Å². The summed E-state index contributed by atoms with van der Waals surface area (Å²) in [5.74, 6) is -0.952. The number of nitrogens with zero attached hydrogens (tertiary/aromatic N) is 2. The average Bonchev–Trinajstić information content (AvgIpc) is 2.97. The Morgan fingerprint density at radius 2 is 2.11 bits per heavy atom. The van der Waals surface area contributed by atoms with Crippen LogP contribution in [0.5, 0.6) is 5.88 Å². The number of aliphatic carboxylic acids is 1. The molecular weight excluding hydrogens is 374 g/mol. The molecule has 0 fully saturated rings. The molecule has 0 aliphatic rings. The van der Waals surface area contributed by atoms with Gasteiger partial charge in [0, 0.05) is 7.11 Å². The van der Waals surface area contributed by atoms with Gasteiger partial charge in [0.15, 0.2) is 11.9 Å². The first kappa shape index (κ1) is 20.7. The number of carboxylic acid groups (broad SMARTS) is 1. The Morgan fingerprint density at radius 3 is 2.70 bits per heavy atom. The molecule has 0 aliphatic heterocycles.